The number of fused-ring (bicyclic) bond motifs is 1. The number of rotatable bonds is 9. The highest BCUT2D eigenvalue weighted by atomic mass is 79.9. The number of carbonyl (C=O) groups is 3. The summed E-state index contributed by atoms with van der Waals surface area (Å²) >= 11 is 3.60. The van der Waals surface area contributed by atoms with Gasteiger partial charge in [-0.2, -0.15) is 0 Å². The maximum Gasteiger partial charge on any atom is 0.261 e. The van der Waals surface area contributed by atoms with E-state index in [0.717, 1.165) is 22.0 Å². The lowest BCUT2D eigenvalue weighted by atomic mass is 9.98. The van der Waals surface area contributed by atoms with E-state index in [2.05, 4.69) is 21.2 Å². The highest BCUT2D eigenvalue weighted by Gasteiger charge is 2.34. The van der Waals surface area contributed by atoms with Gasteiger partial charge in [-0.25, -0.2) is 0 Å². The molecule has 0 bridgehead atoms. The molecule has 0 radical (unpaired) electrons. The number of nitrogens with one attached hydrogen (secondary N) is 1. The van der Waals surface area contributed by atoms with E-state index < -0.39 is 0 Å². The Kier molecular flexibility index (Phi) is 7.35. The van der Waals surface area contributed by atoms with Crippen LogP contribution in [0.2, 0.25) is 0 Å². The normalized spacial score (nSPS) is 13.7. The molecule has 1 aliphatic heterocycles. The van der Waals surface area contributed by atoms with Crippen LogP contribution in [0.4, 0.5) is 0 Å². The van der Waals surface area contributed by atoms with Crippen molar-refractivity contribution in [1.82, 2.24) is 10.2 Å². The second-order valence-electron chi connectivity index (χ2n) is 8.05. The van der Waals surface area contributed by atoms with E-state index in [9.17, 15) is 14.4 Å². The number of hydrogen-bond acceptors (Lipinski definition) is 3. The predicted molar refractivity (Wildman–Crippen MR) is 131 cm³/mol. The van der Waals surface area contributed by atoms with Gasteiger partial charge in [0.2, 0.25) is 5.91 Å². The van der Waals surface area contributed by atoms with Crippen LogP contribution in [0.25, 0.3) is 0 Å². The van der Waals surface area contributed by atoms with Crippen LogP contribution >= 0.6 is 15.9 Å². The third-order valence-electron chi connectivity index (χ3n) is 5.82. The molecule has 33 heavy (non-hydrogen) atoms. The molecule has 0 unspecified atom stereocenters. The molecule has 0 saturated heterocycles. The molecule has 1 heterocycles. The van der Waals surface area contributed by atoms with E-state index >= 15 is 0 Å². The Morgan fingerprint density at radius 1 is 0.788 bits per heavy atom. The summed E-state index contributed by atoms with van der Waals surface area (Å²) in [5.74, 6) is -0.486. The zero-order chi connectivity index (χ0) is 23.2. The van der Waals surface area contributed by atoms with Crippen LogP contribution in [0.5, 0.6) is 0 Å². The molecule has 3 aromatic rings. The van der Waals surface area contributed by atoms with Crippen molar-refractivity contribution >= 4 is 33.7 Å². The maximum atomic E-state index is 12.7. The van der Waals surface area contributed by atoms with Gasteiger partial charge in [0.15, 0.2) is 0 Å². The highest BCUT2D eigenvalue weighted by Crippen LogP contribution is 2.29. The Labute approximate surface area is 201 Å². The fourth-order valence-corrected chi connectivity index (χ4v) is 4.62. The van der Waals surface area contributed by atoms with Crippen LogP contribution in [0.3, 0.4) is 0 Å². The fraction of sp³-hybridized carbons (Fsp3) is 0.222. The number of imide groups is 1. The number of amides is 3. The van der Waals surface area contributed by atoms with Gasteiger partial charge in [-0.15, -0.1) is 0 Å². The quantitative estimate of drug-likeness (QED) is 0.308. The summed E-state index contributed by atoms with van der Waals surface area (Å²) < 4.78 is 0.945. The largest absolute Gasteiger partial charge is 0.345 e. The Morgan fingerprint density at radius 3 is 2.06 bits per heavy atom. The van der Waals surface area contributed by atoms with Crippen molar-refractivity contribution in [3.63, 3.8) is 0 Å². The van der Waals surface area contributed by atoms with Crippen molar-refractivity contribution in [3.8, 4) is 0 Å². The average molecular weight is 505 g/mol. The van der Waals surface area contributed by atoms with Crippen molar-refractivity contribution < 1.29 is 14.4 Å². The zero-order valence-corrected chi connectivity index (χ0v) is 19.8. The second kappa shape index (κ2) is 10.6. The van der Waals surface area contributed by atoms with Crippen LogP contribution in [0.1, 0.15) is 63.6 Å². The van der Waals surface area contributed by atoms with Gasteiger partial charge < -0.3 is 5.32 Å². The summed E-state index contributed by atoms with van der Waals surface area (Å²) in [4.78, 5) is 38.9. The first-order valence-electron chi connectivity index (χ1n) is 11.1. The van der Waals surface area contributed by atoms with E-state index in [-0.39, 0.29) is 23.8 Å². The van der Waals surface area contributed by atoms with Crippen molar-refractivity contribution in [2.24, 2.45) is 0 Å². The molecule has 3 aromatic carbocycles. The zero-order valence-electron chi connectivity index (χ0n) is 18.2. The number of halogens is 1. The minimum absolute atomic E-state index is 0.0275. The van der Waals surface area contributed by atoms with E-state index in [0.29, 0.717) is 36.9 Å². The van der Waals surface area contributed by atoms with E-state index in [1.165, 1.54) is 4.90 Å². The maximum absolute atomic E-state index is 12.7. The van der Waals surface area contributed by atoms with Gasteiger partial charge in [-0.3, -0.25) is 19.3 Å². The molecule has 0 aromatic heterocycles. The van der Waals surface area contributed by atoms with Crippen molar-refractivity contribution in [2.45, 2.75) is 31.7 Å². The molecule has 4 rings (SSSR count). The highest BCUT2D eigenvalue weighted by molar-refractivity contribution is 9.10. The third-order valence-corrected chi connectivity index (χ3v) is 6.54. The van der Waals surface area contributed by atoms with Gasteiger partial charge in [-0.05, 0) is 42.2 Å². The van der Waals surface area contributed by atoms with Gasteiger partial charge in [0.05, 0.1) is 17.2 Å². The number of nitrogens with zero attached hydrogens (tertiary/aromatic N) is 1. The third kappa shape index (κ3) is 5.22. The minimum Gasteiger partial charge on any atom is -0.345 e. The summed E-state index contributed by atoms with van der Waals surface area (Å²) in [7, 11) is 0. The predicted octanol–water partition coefficient (Wildman–Crippen LogP) is 5.51. The minimum atomic E-state index is -0.243. The Morgan fingerprint density at radius 2 is 1.39 bits per heavy atom. The lowest BCUT2D eigenvalue weighted by Gasteiger charge is -2.21. The van der Waals surface area contributed by atoms with Crippen LogP contribution in [0.15, 0.2) is 83.3 Å². The Hall–Kier alpha value is -3.25. The first-order chi connectivity index (χ1) is 16.1. The average Bonchev–Trinajstić information content (AvgIpc) is 3.08. The van der Waals surface area contributed by atoms with Gasteiger partial charge in [0.1, 0.15) is 0 Å². The molecule has 5 nitrogen and oxygen atoms in total. The summed E-state index contributed by atoms with van der Waals surface area (Å²) in [5.41, 5.74) is 2.97. The Bertz CT molecular complexity index is 1130. The Balaban J connectivity index is 1.28. The second-order valence-corrected chi connectivity index (χ2v) is 8.91. The topological polar surface area (TPSA) is 66.5 Å². The molecule has 168 valence electrons. The lowest BCUT2D eigenvalue weighted by Crippen LogP contribution is -2.31. The number of hydrogen-bond donors (Lipinski definition) is 1. The molecule has 0 saturated carbocycles. The van der Waals surface area contributed by atoms with Gasteiger partial charge in [-0.1, -0.05) is 83.0 Å². The SMILES string of the molecule is O=C(CCCCCN1C(=O)c2ccccc2C1=O)N[C@@H](c1ccccc1)c1ccccc1Br. The first kappa shape index (κ1) is 22.9. The molecule has 1 aliphatic rings. The van der Waals surface area contributed by atoms with Crippen LogP contribution in [0, 0.1) is 0 Å². The molecule has 0 aliphatic carbocycles. The molecule has 3 amide bonds. The smallest absolute Gasteiger partial charge is 0.261 e. The summed E-state index contributed by atoms with van der Waals surface area (Å²) in [6.45, 7) is 0.373. The molecular weight excluding hydrogens is 480 g/mol. The standard InChI is InChI=1S/C27H25BrN2O3/c28-23-16-9-8-15-22(23)25(19-11-3-1-4-12-19)29-24(31)17-5-2-10-18-30-26(32)20-13-6-7-14-21(20)27(30)33/h1,3-4,6-9,11-16,25H,2,5,10,17-18H2,(H,29,31)/t25-/m0/s1. The fourth-order valence-electron chi connectivity index (χ4n) is 4.10. The van der Waals surface area contributed by atoms with Crippen LogP contribution in [-0.2, 0) is 4.79 Å². The molecule has 6 heteroatoms. The van der Waals surface area contributed by atoms with Crippen LogP contribution in [-0.4, -0.2) is 29.2 Å². The summed E-state index contributed by atoms with van der Waals surface area (Å²) in [5, 5.41) is 3.16. The van der Waals surface area contributed by atoms with E-state index in [4.69, 9.17) is 0 Å². The van der Waals surface area contributed by atoms with E-state index in [1.807, 2.05) is 54.6 Å². The lowest BCUT2D eigenvalue weighted by molar-refractivity contribution is -0.121. The van der Waals surface area contributed by atoms with Crippen LogP contribution < -0.4 is 5.32 Å². The molecular formula is C27H25BrN2O3. The first-order valence-corrected chi connectivity index (χ1v) is 11.9. The monoisotopic (exact) mass is 504 g/mol. The van der Waals surface area contributed by atoms with E-state index in [1.54, 1.807) is 24.3 Å². The molecule has 0 fully saturated rings. The summed E-state index contributed by atoms with van der Waals surface area (Å²) in [6, 6.07) is 24.4. The van der Waals surface area contributed by atoms with Crippen molar-refractivity contribution in [3.05, 3.63) is 106 Å². The molecule has 1 N–H and O–H groups in total. The molecule has 0 spiro atoms. The molecule has 1 atom stereocenters. The van der Waals surface area contributed by atoms with Crippen molar-refractivity contribution in [2.75, 3.05) is 6.54 Å². The summed E-state index contributed by atoms with van der Waals surface area (Å²) in [6.07, 6.45) is 2.50. The van der Waals surface area contributed by atoms with Gasteiger partial charge in [0.25, 0.3) is 11.8 Å². The van der Waals surface area contributed by atoms with Gasteiger partial charge >= 0.3 is 0 Å². The van der Waals surface area contributed by atoms with Crippen molar-refractivity contribution in [1.29, 1.82) is 0 Å². The van der Waals surface area contributed by atoms with Gasteiger partial charge in [0, 0.05) is 17.4 Å². The number of carbonyl (C=O) groups excluding carboxylic acids is 3. The number of unbranched alkanes of at least 4 members (excludes halogenated alkanes) is 2. The number of benzene rings is 3.